The van der Waals surface area contributed by atoms with Crippen molar-refractivity contribution in [1.82, 2.24) is 9.88 Å². The average Bonchev–Trinajstić information content (AvgIpc) is 2.78. The van der Waals surface area contributed by atoms with E-state index in [1.165, 1.54) is 0 Å². The van der Waals surface area contributed by atoms with Crippen LogP contribution in [0.2, 0.25) is 0 Å². The number of benzene rings is 2. The highest BCUT2D eigenvalue weighted by molar-refractivity contribution is 5.93. The molecule has 1 aliphatic rings. The molecule has 29 heavy (non-hydrogen) atoms. The van der Waals surface area contributed by atoms with Gasteiger partial charge in [0.15, 0.2) is 0 Å². The zero-order chi connectivity index (χ0) is 20.4. The van der Waals surface area contributed by atoms with E-state index in [4.69, 9.17) is 9.47 Å². The van der Waals surface area contributed by atoms with E-state index in [1.807, 2.05) is 24.3 Å². The predicted octanol–water partition coefficient (Wildman–Crippen LogP) is 3.52. The Balaban J connectivity index is 1.52. The van der Waals surface area contributed by atoms with Crippen molar-refractivity contribution in [2.75, 3.05) is 45.8 Å². The number of morpholine rings is 1. The number of hydrogen-bond donors (Lipinski definition) is 0. The summed E-state index contributed by atoms with van der Waals surface area (Å²) in [5.74, 6) is 1.67. The lowest BCUT2D eigenvalue weighted by Gasteiger charge is -2.34. The second-order valence-electron chi connectivity index (χ2n) is 7.38. The zero-order valence-electron chi connectivity index (χ0n) is 17.0. The molecule has 1 fully saturated rings. The number of carbonyl (C=O) groups is 1. The molecule has 1 amide bonds. The second-order valence-corrected chi connectivity index (χ2v) is 7.38. The number of aromatic nitrogens is 1. The van der Waals surface area contributed by atoms with Crippen LogP contribution in [0.4, 0.5) is 5.82 Å². The van der Waals surface area contributed by atoms with Gasteiger partial charge in [-0.3, -0.25) is 4.79 Å². The maximum absolute atomic E-state index is 12.1. The van der Waals surface area contributed by atoms with Gasteiger partial charge in [-0.05, 0) is 46.7 Å². The fourth-order valence-corrected chi connectivity index (χ4v) is 3.59. The van der Waals surface area contributed by atoms with Crippen molar-refractivity contribution in [3.05, 3.63) is 65.9 Å². The lowest BCUT2D eigenvalue weighted by atomic mass is 10.0. The Labute approximate surface area is 170 Å². The molecule has 0 radical (unpaired) electrons. The first kappa shape index (κ1) is 19.2. The van der Waals surface area contributed by atoms with Crippen LogP contribution in [0.5, 0.6) is 5.75 Å². The van der Waals surface area contributed by atoms with Crippen LogP contribution in [-0.2, 0) is 4.74 Å². The van der Waals surface area contributed by atoms with Gasteiger partial charge in [0.25, 0.3) is 5.91 Å². The molecule has 1 aliphatic heterocycles. The monoisotopic (exact) mass is 391 g/mol. The number of nitrogens with zero attached hydrogens (tertiary/aromatic N) is 3. The molecule has 1 aromatic heterocycles. The summed E-state index contributed by atoms with van der Waals surface area (Å²) in [5.41, 5.74) is 1.74. The highest BCUT2D eigenvalue weighted by Crippen LogP contribution is 2.29. The molecule has 0 aliphatic carbocycles. The summed E-state index contributed by atoms with van der Waals surface area (Å²) >= 11 is 0. The standard InChI is InChI=1S/C23H25N3O3/c1-25(2)23(27)19-7-9-22(24-14-19)26-10-11-29-21(15-26)18-5-4-17-13-20(28-3)8-6-16(17)12-18/h4-9,12-14,21H,10-11,15H2,1-3H3/t21-/m1/s1. The molecule has 150 valence electrons. The molecule has 1 saturated heterocycles. The number of carbonyl (C=O) groups excluding carboxylic acids is 1. The summed E-state index contributed by atoms with van der Waals surface area (Å²) in [6.45, 7) is 2.12. The SMILES string of the molecule is COc1ccc2cc([C@H]3CN(c4ccc(C(=O)N(C)C)cn4)CCO3)ccc2c1. The Morgan fingerprint density at radius 3 is 2.66 bits per heavy atom. The van der Waals surface area contributed by atoms with E-state index in [-0.39, 0.29) is 12.0 Å². The van der Waals surface area contributed by atoms with Gasteiger partial charge in [0.2, 0.25) is 0 Å². The summed E-state index contributed by atoms with van der Waals surface area (Å²) in [6.07, 6.45) is 1.62. The van der Waals surface area contributed by atoms with Gasteiger partial charge in [0.05, 0.1) is 19.3 Å². The number of anilines is 1. The van der Waals surface area contributed by atoms with E-state index in [0.29, 0.717) is 12.2 Å². The van der Waals surface area contributed by atoms with Crippen molar-refractivity contribution in [2.45, 2.75) is 6.10 Å². The van der Waals surface area contributed by atoms with Crippen LogP contribution in [0.1, 0.15) is 22.0 Å². The van der Waals surface area contributed by atoms with Crippen molar-refractivity contribution in [1.29, 1.82) is 0 Å². The molecule has 0 bridgehead atoms. The Morgan fingerprint density at radius 1 is 1.14 bits per heavy atom. The number of ether oxygens (including phenoxy) is 2. The molecule has 0 unspecified atom stereocenters. The number of amides is 1. The number of pyridine rings is 1. The highest BCUT2D eigenvalue weighted by atomic mass is 16.5. The summed E-state index contributed by atoms with van der Waals surface area (Å²) in [7, 11) is 5.15. The van der Waals surface area contributed by atoms with Gasteiger partial charge in [-0.25, -0.2) is 4.98 Å². The van der Waals surface area contributed by atoms with Crippen molar-refractivity contribution in [3.8, 4) is 5.75 Å². The van der Waals surface area contributed by atoms with Crippen LogP contribution >= 0.6 is 0 Å². The number of methoxy groups -OCH3 is 1. The Kier molecular flexibility index (Phi) is 5.36. The first-order valence-corrected chi connectivity index (χ1v) is 9.67. The van der Waals surface area contributed by atoms with Gasteiger partial charge in [-0.15, -0.1) is 0 Å². The first-order valence-electron chi connectivity index (χ1n) is 9.67. The summed E-state index contributed by atoms with van der Waals surface area (Å²) in [4.78, 5) is 20.3. The fourth-order valence-electron chi connectivity index (χ4n) is 3.59. The number of hydrogen-bond acceptors (Lipinski definition) is 5. The van der Waals surface area contributed by atoms with Gasteiger partial charge in [0, 0.05) is 33.4 Å². The minimum atomic E-state index is -0.0447. The Bertz CT molecular complexity index is 1020. The summed E-state index contributed by atoms with van der Waals surface area (Å²) in [6, 6.07) is 16.2. The van der Waals surface area contributed by atoms with Crippen LogP contribution < -0.4 is 9.64 Å². The molecule has 1 atom stereocenters. The fraction of sp³-hybridized carbons (Fsp3) is 0.304. The van der Waals surface area contributed by atoms with E-state index in [9.17, 15) is 4.79 Å². The number of rotatable bonds is 4. The van der Waals surface area contributed by atoms with Gasteiger partial charge in [-0.2, -0.15) is 0 Å². The molecule has 0 spiro atoms. The third kappa shape index (κ3) is 4.03. The number of fused-ring (bicyclic) bond motifs is 1. The molecule has 0 saturated carbocycles. The van der Waals surface area contributed by atoms with Crippen molar-refractivity contribution in [3.63, 3.8) is 0 Å². The summed E-state index contributed by atoms with van der Waals surface area (Å²) in [5, 5.41) is 2.30. The van der Waals surface area contributed by atoms with Gasteiger partial charge in [0.1, 0.15) is 17.7 Å². The van der Waals surface area contributed by atoms with E-state index in [1.54, 1.807) is 32.3 Å². The van der Waals surface area contributed by atoms with Gasteiger partial charge < -0.3 is 19.3 Å². The van der Waals surface area contributed by atoms with Crippen molar-refractivity contribution < 1.29 is 14.3 Å². The van der Waals surface area contributed by atoms with E-state index in [2.05, 4.69) is 34.1 Å². The maximum Gasteiger partial charge on any atom is 0.254 e. The smallest absolute Gasteiger partial charge is 0.254 e. The molecule has 0 N–H and O–H groups in total. The largest absolute Gasteiger partial charge is 0.497 e. The molecule has 4 rings (SSSR count). The topological polar surface area (TPSA) is 54.9 Å². The quantitative estimate of drug-likeness (QED) is 0.681. The molecule has 2 aromatic carbocycles. The third-order valence-electron chi connectivity index (χ3n) is 5.23. The zero-order valence-corrected chi connectivity index (χ0v) is 17.0. The highest BCUT2D eigenvalue weighted by Gasteiger charge is 2.23. The van der Waals surface area contributed by atoms with Crippen LogP contribution in [0.15, 0.2) is 54.7 Å². The maximum atomic E-state index is 12.1. The van der Waals surface area contributed by atoms with Crippen LogP contribution in [0, 0.1) is 0 Å². The molecule has 6 heteroatoms. The second kappa shape index (κ2) is 8.09. The normalized spacial score (nSPS) is 16.7. The minimum absolute atomic E-state index is 0.0277. The van der Waals surface area contributed by atoms with E-state index in [0.717, 1.165) is 41.0 Å². The van der Waals surface area contributed by atoms with Crippen molar-refractivity contribution in [2.24, 2.45) is 0 Å². The minimum Gasteiger partial charge on any atom is -0.497 e. The van der Waals surface area contributed by atoms with Crippen LogP contribution in [0.3, 0.4) is 0 Å². The molecule has 3 aromatic rings. The third-order valence-corrected chi connectivity index (χ3v) is 5.23. The molecule has 6 nitrogen and oxygen atoms in total. The lowest BCUT2D eigenvalue weighted by molar-refractivity contribution is 0.0396. The molecular formula is C23H25N3O3. The van der Waals surface area contributed by atoms with Gasteiger partial charge in [-0.1, -0.05) is 18.2 Å². The van der Waals surface area contributed by atoms with E-state index >= 15 is 0 Å². The van der Waals surface area contributed by atoms with Crippen LogP contribution in [0.25, 0.3) is 10.8 Å². The Hall–Kier alpha value is -3.12. The predicted molar refractivity (Wildman–Crippen MR) is 114 cm³/mol. The molecular weight excluding hydrogens is 366 g/mol. The van der Waals surface area contributed by atoms with Gasteiger partial charge >= 0.3 is 0 Å². The van der Waals surface area contributed by atoms with E-state index < -0.39 is 0 Å². The Morgan fingerprint density at radius 2 is 1.93 bits per heavy atom. The average molecular weight is 391 g/mol. The lowest BCUT2D eigenvalue weighted by Crippen LogP contribution is -2.38. The van der Waals surface area contributed by atoms with Crippen LogP contribution in [-0.4, -0.2) is 56.7 Å². The first-order chi connectivity index (χ1) is 14.0. The molecule has 2 heterocycles. The summed E-state index contributed by atoms with van der Waals surface area (Å²) < 4.78 is 11.4. The van der Waals surface area contributed by atoms with Crippen molar-refractivity contribution >= 4 is 22.5 Å².